The second-order valence-corrected chi connectivity index (χ2v) is 5.29. The van der Waals surface area contributed by atoms with Gasteiger partial charge in [0.2, 0.25) is 6.10 Å². The van der Waals surface area contributed by atoms with Gasteiger partial charge in [0.25, 0.3) is 0 Å². The third-order valence-corrected chi connectivity index (χ3v) is 3.65. The van der Waals surface area contributed by atoms with Crippen molar-refractivity contribution in [2.75, 3.05) is 5.32 Å². The number of nitrogens with one attached hydrogen (secondary N) is 1. The summed E-state index contributed by atoms with van der Waals surface area (Å²) in [5.74, 6) is -0.565. The highest BCUT2D eigenvalue weighted by molar-refractivity contribution is 6.30. The highest BCUT2D eigenvalue weighted by Crippen LogP contribution is 2.35. The van der Waals surface area contributed by atoms with Gasteiger partial charge in [0.15, 0.2) is 0 Å². The monoisotopic (exact) mass is 330 g/mol. The molecular weight excluding hydrogens is 320 g/mol. The minimum atomic E-state index is -1.03. The number of hydrogen-bond acceptors (Lipinski definition) is 5. The van der Waals surface area contributed by atoms with Gasteiger partial charge >= 0.3 is 11.7 Å². The summed E-state index contributed by atoms with van der Waals surface area (Å²) >= 11 is 5.79. The number of hydrogen-bond donors (Lipinski definition) is 1. The van der Waals surface area contributed by atoms with Crippen LogP contribution in [0.5, 0.6) is 0 Å². The Hall–Kier alpha value is -2.86. The number of benzene rings is 2. The Kier molecular flexibility index (Phi) is 3.99. The molecule has 0 bridgehead atoms. The van der Waals surface area contributed by atoms with E-state index >= 15 is 0 Å². The smallest absolute Gasteiger partial charge is 0.339 e. The third kappa shape index (κ3) is 3.02. The molecule has 1 aliphatic rings. The summed E-state index contributed by atoms with van der Waals surface area (Å²) in [4.78, 5) is 22.6. The number of fused-ring (bicyclic) bond motifs is 1. The molecule has 0 saturated heterocycles. The third-order valence-electron chi connectivity index (χ3n) is 3.40. The minimum absolute atomic E-state index is 0.252. The fraction of sp³-hybridized carbons (Fsp3) is 0.0625. The van der Waals surface area contributed by atoms with Crippen LogP contribution >= 0.6 is 11.6 Å². The molecule has 2 aromatic carbocycles. The fourth-order valence-corrected chi connectivity index (χ4v) is 2.42. The molecule has 2 aromatic rings. The molecule has 0 radical (unpaired) electrons. The zero-order valence-corrected chi connectivity index (χ0v) is 12.5. The van der Waals surface area contributed by atoms with Gasteiger partial charge in [-0.2, -0.15) is 0 Å². The van der Waals surface area contributed by atoms with E-state index in [0.29, 0.717) is 21.8 Å². The minimum Gasteiger partial charge on any atom is -0.442 e. The summed E-state index contributed by atoms with van der Waals surface area (Å²) < 4.78 is 5.15. The molecular formula is C16H11ClN2O4. The topological polar surface area (TPSA) is 81.5 Å². The molecule has 0 aliphatic carbocycles. The van der Waals surface area contributed by atoms with Crippen LogP contribution in [0.1, 0.15) is 22.0 Å². The molecule has 0 aromatic heterocycles. The summed E-state index contributed by atoms with van der Waals surface area (Å²) in [6.07, 6.45) is 0.192. The molecule has 0 amide bonds. The molecule has 116 valence electrons. The Morgan fingerprint density at radius 2 is 1.91 bits per heavy atom. The second kappa shape index (κ2) is 6.10. The Labute approximate surface area is 136 Å². The van der Waals surface area contributed by atoms with Crippen molar-refractivity contribution in [2.24, 2.45) is 0 Å². The molecule has 6 nitrogen and oxygen atoms in total. The van der Waals surface area contributed by atoms with Crippen LogP contribution in [0.25, 0.3) is 0 Å². The normalized spacial score (nSPS) is 16.7. The lowest BCUT2D eigenvalue weighted by atomic mass is 10.0. The van der Waals surface area contributed by atoms with E-state index in [4.69, 9.17) is 16.3 Å². The Bertz CT molecular complexity index is 802. The molecule has 0 saturated carbocycles. The fourth-order valence-electron chi connectivity index (χ4n) is 2.29. The number of carbonyl (C=O) groups is 1. The number of nitrogens with zero attached hydrogens (tertiary/aromatic N) is 1. The highest BCUT2D eigenvalue weighted by Gasteiger charge is 2.39. The predicted octanol–water partition coefficient (Wildman–Crippen LogP) is 3.78. The van der Waals surface area contributed by atoms with Gasteiger partial charge in [0.1, 0.15) is 0 Å². The number of carbonyl (C=O) groups excluding carboxylic acids is 1. The number of halogens is 1. The Morgan fingerprint density at radius 3 is 2.61 bits per heavy atom. The Balaban J connectivity index is 1.91. The van der Waals surface area contributed by atoms with E-state index in [-0.39, 0.29) is 5.70 Å². The SMILES string of the molecule is O=C1OC(C(=CNc2ccc(Cl)cc2)[N+](=O)[O-])c2ccccc21. The highest BCUT2D eigenvalue weighted by atomic mass is 35.5. The van der Waals surface area contributed by atoms with Crippen molar-refractivity contribution in [2.45, 2.75) is 6.10 Å². The first-order chi connectivity index (χ1) is 11.1. The van der Waals surface area contributed by atoms with Crippen molar-refractivity contribution in [3.8, 4) is 0 Å². The lowest BCUT2D eigenvalue weighted by Crippen LogP contribution is -2.12. The molecule has 3 rings (SSSR count). The maximum absolute atomic E-state index is 11.8. The molecule has 1 atom stereocenters. The van der Waals surface area contributed by atoms with Crippen LogP contribution < -0.4 is 5.32 Å². The Morgan fingerprint density at radius 1 is 1.22 bits per heavy atom. The first kappa shape index (κ1) is 15.1. The quantitative estimate of drug-likeness (QED) is 0.524. The van der Waals surface area contributed by atoms with E-state index in [9.17, 15) is 14.9 Å². The van der Waals surface area contributed by atoms with Crippen LogP contribution in [0.3, 0.4) is 0 Å². The van der Waals surface area contributed by atoms with Crippen LogP contribution in [-0.2, 0) is 4.74 Å². The van der Waals surface area contributed by atoms with Crippen LogP contribution in [0, 0.1) is 10.1 Å². The molecule has 7 heteroatoms. The number of anilines is 1. The molecule has 0 spiro atoms. The van der Waals surface area contributed by atoms with Gasteiger partial charge in [-0.25, -0.2) is 4.79 Å². The van der Waals surface area contributed by atoms with E-state index in [1.165, 1.54) is 6.20 Å². The number of cyclic esters (lactones) is 1. The van der Waals surface area contributed by atoms with Crippen LogP contribution in [0.4, 0.5) is 5.69 Å². The number of ether oxygens (including phenoxy) is 1. The zero-order chi connectivity index (χ0) is 16.4. The van der Waals surface area contributed by atoms with Gasteiger partial charge in [-0.1, -0.05) is 29.8 Å². The van der Waals surface area contributed by atoms with Gasteiger partial charge in [0, 0.05) is 16.3 Å². The van der Waals surface area contributed by atoms with Gasteiger partial charge < -0.3 is 10.1 Å². The van der Waals surface area contributed by atoms with E-state index < -0.39 is 17.0 Å². The van der Waals surface area contributed by atoms with Crippen molar-refractivity contribution in [3.63, 3.8) is 0 Å². The summed E-state index contributed by atoms with van der Waals surface area (Å²) in [6, 6.07) is 13.3. The first-order valence-electron chi connectivity index (χ1n) is 6.73. The first-order valence-corrected chi connectivity index (χ1v) is 7.10. The van der Waals surface area contributed by atoms with E-state index in [1.807, 2.05) is 0 Å². The standard InChI is InChI=1S/C16H11ClN2O4/c17-10-5-7-11(8-6-10)18-9-14(19(21)22)15-12-3-1-2-4-13(12)16(20)23-15/h1-9,15,18H. The van der Waals surface area contributed by atoms with Crippen molar-refractivity contribution in [1.29, 1.82) is 0 Å². The lowest BCUT2D eigenvalue weighted by molar-refractivity contribution is -0.436. The molecule has 1 N–H and O–H groups in total. The largest absolute Gasteiger partial charge is 0.442 e. The summed E-state index contributed by atoms with van der Waals surface area (Å²) in [5.41, 5.74) is 1.21. The molecule has 1 heterocycles. The van der Waals surface area contributed by atoms with Gasteiger partial charge in [-0.3, -0.25) is 10.1 Å². The van der Waals surface area contributed by atoms with Crippen molar-refractivity contribution in [1.82, 2.24) is 0 Å². The van der Waals surface area contributed by atoms with Gasteiger partial charge in [-0.05, 0) is 30.3 Å². The van der Waals surface area contributed by atoms with Crippen LogP contribution in [-0.4, -0.2) is 10.9 Å². The molecule has 0 fully saturated rings. The second-order valence-electron chi connectivity index (χ2n) is 4.85. The van der Waals surface area contributed by atoms with Gasteiger partial charge in [-0.15, -0.1) is 0 Å². The van der Waals surface area contributed by atoms with Crippen LogP contribution in [0.15, 0.2) is 60.4 Å². The van der Waals surface area contributed by atoms with Crippen molar-refractivity contribution >= 4 is 23.3 Å². The zero-order valence-electron chi connectivity index (χ0n) is 11.7. The average molecular weight is 331 g/mol. The summed E-state index contributed by atoms with van der Waals surface area (Å²) in [5, 5.41) is 14.7. The maximum atomic E-state index is 11.8. The lowest BCUT2D eigenvalue weighted by Gasteiger charge is -2.08. The average Bonchev–Trinajstić information content (AvgIpc) is 2.87. The van der Waals surface area contributed by atoms with E-state index in [0.717, 1.165) is 0 Å². The number of rotatable bonds is 4. The number of nitro groups is 1. The molecule has 23 heavy (non-hydrogen) atoms. The van der Waals surface area contributed by atoms with E-state index in [2.05, 4.69) is 5.32 Å². The van der Waals surface area contributed by atoms with Crippen molar-refractivity contribution in [3.05, 3.63) is 86.7 Å². The van der Waals surface area contributed by atoms with Crippen LogP contribution in [0.2, 0.25) is 5.02 Å². The van der Waals surface area contributed by atoms with Crippen molar-refractivity contribution < 1.29 is 14.5 Å². The summed E-state index contributed by atoms with van der Waals surface area (Å²) in [7, 11) is 0. The predicted molar refractivity (Wildman–Crippen MR) is 84.8 cm³/mol. The maximum Gasteiger partial charge on any atom is 0.339 e. The van der Waals surface area contributed by atoms with E-state index in [1.54, 1.807) is 48.5 Å². The molecule has 1 unspecified atom stereocenters. The number of esters is 1. The summed E-state index contributed by atoms with van der Waals surface area (Å²) in [6.45, 7) is 0. The molecule has 1 aliphatic heterocycles. The van der Waals surface area contributed by atoms with Gasteiger partial charge in [0.05, 0.1) is 16.7 Å².